The molecule has 0 bridgehead atoms. The van der Waals surface area contributed by atoms with Gasteiger partial charge in [-0.1, -0.05) is 26.0 Å². The molecule has 0 saturated carbocycles. The first kappa shape index (κ1) is 16.8. The van der Waals surface area contributed by atoms with Crippen molar-refractivity contribution in [3.05, 3.63) is 24.3 Å². The van der Waals surface area contributed by atoms with Crippen molar-refractivity contribution in [2.75, 3.05) is 25.0 Å². The predicted octanol–water partition coefficient (Wildman–Crippen LogP) is 3.39. The van der Waals surface area contributed by atoms with E-state index in [1.54, 1.807) is 0 Å². The van der Waals surface area contributed by atoms with E-state index >= 15 is 0 Å². The summed E-state index contributed by atoms with van der Waals surface area (Å²) in [6.07, 6.45) is 1.25. The molecule has 0 aliphatic carbocycles. The molecule has 122 valence electrons. The van der Waals surface area contributed by atoms with Crippen molar-refractivity contribution in [3.63, 3.8) is 0 Å². The second-order valence-corrected chi connectivity index (χ2v) is 6.49. The summed E-state index contributed by atoms with van der Waals surface area (Å²) in [5.41, 5.74) is 0.749. The minimum atomic E-state index is -0.125. The van der Waals surface area contributed by atoms with Crippen molar-refractivity contribution in [2.24, 2.45) is 11.8 Å². The maximum atomic E-state index is 12.6. The van der Waals surface area contributed by atoms with Gasteiger partial charge in [-0.25, -0.2) is 0 Å². The third-order valence-corrected chi connectivity index (χ3v) is 4.27. The average molecular weight is 304 g/mol. The lowest BCUT2D eigenvalue weighted by Crippen LogP contribution is -2.48. The number of hydrogen-bond donors (Lipinski definition) is 1. The lowest BCUT2D eigenvalue weighted by atomic mass is 9.91. The number of rotatable bonds is 5. The Hall–Kier alpha value is -1.55. The van der Waals surface area contributed by atoms with E-state index in [0.717, 1.165) is 24.5 Å². The van der Waals surface area contributed by atoms with E-state index in [0.29, 0.717) is 18.4 Å². The highest BCUT2D eigenvalue weighted by molar-refractivity contribution is 5.95. The molecule has 2 rings (SSSR count). The lowest BCUT2D eigenvalue weighted by molar-refractivity contribution is -0.121. The van der Waals surface area contributed by atoms with E-state index in [9.17, 15) is 4.79 Å². The Morgan fingerprint density at radius 3 is 2.59 bits per heavy atom. The number of piperidine rings is 1. The van der Waals surface area contributed by atoms with Crippen molar-refractivity contribution in [2.45, 2.75) is 40.2 Å². The van der Waals surface area contributed by atoms with E-state index in [2.05, 4.69) is 24.1 Å². The third kappa shape index (κ3) is 4.23. The second kappa shape index (κ2) is 7.63. The Morgan fingerprint density at radius 2 is 1.95 bits per heavy atom. The topological polar surface area (TPSA) is 41.6 Å². The van der Waals surface area contributed by atoms with Crippen LogP contribution in [-0.2, 0) is 4.79 Å². The number of likely N-dealkylation sites (tertiary alicyclic amines) is 1. The molecule has 1 N–H and O–H groups in total. The quantitative estimate of drug-likeness (QED) is 0.906. The summed E-state index contributed by atoms with van der Waals surface area (Å²) in [5, 5.41) is 3.02. The monoisotopic (exact) mass is 304 g/mol. The summed E-state index contributed by atoms with van der Waals surface area (Å²) in [6.45, 7) is 11.0. The standard InChI is InChI=1S/C18H28N2O2/c1-5-22-17-9-7-6-8-16(17)19-18(21)15(4)20-11-13(2)10-14(3)12-20/h6-9,13-15H,5,10-12H2,1-4H3,(H,19,21)/t13-,14-,15-/m0/s1. The van der Waals surface area contributed by atoms with Crippen molar-refractivity contribution < 1.29 is 9.53 Å². The minimum Gasteiger partial charge on any atom is -0.492 e. The second-order valence-electron chi connectivity index (χ2n) is 6.49. The third-order valence-electron chi connectivity index (χ3n) is 4.27. The number of nitrogens with one attached hydrogen (secondary N) is 1. The molecule has 4 nitrogen and oxygen atoms in total. The molecule has 3 atom stereocenters. The van der Waals surface area contributed by atoms with Crippen LogP contribution >= 0.6 is 0 Å². The van der Waals surface area contributed by atoms with Gasteiger partial charge in [0.1, 0.15) is 5.75 Å². The van der Waals surface area contributed by atoms with Gasteiger partial charge < -0.3 is 10.1 Å². The van der Waals surface area contributed by atoms with E-state index in [4.69, 9.17) is 4.74 Å². The number of para-hydroxylation sites is 2. The number of ether oxygens (including phenoxy) is 1. The Bertz CT molecular complexity index is 494. The molecule has 0 unspecified atom stereocenters. The fourth-order valence-corrected chi connectivity index (χ4v) is 3.28. The van der Waals surface area contributed by atoms with Gasteiger partial charge in [-0.2, -0.15) is 0 Å². The normalized spacial score (nSPS) is 23.8. The highest BCUT2D eigenvalue weighted by atomic mass is 16.5. The van der Waals surface area contributed by atoms with E-state index in [1.807, 2.05) is 38.1 Å². The molecular weight excluding hydrogens is 276 g/mol. The highest BCUT2D eigenvalue weighted by Crippen LogP contribution is 2.26. The van der Waals surface area contributed by atoms with Crippen molar-refractivity contribution in [3.8, 4) is 5.75 Å². The largest absolute Gasteiger partial charge is 0.492 e. The zero-order chi connectivity index (χ0) is 16.1. The van der Waals surface area contributed by atoms with Gasteiger partial charge in [0.25, 0.3) is 0 Å². The smallest absolute Gasteiger partial charge is 0.241 e. The summed E-state index contributed by atoms with van der Waals surface area (Å²) in [6, 6.07) is 7.47. The Labute approximate surface area is 133 Å². The molecule has 0 aromatic heterocycles. The molecule has 0 radical (unpaired) electrons. The minimum absolute atomic E-state index is 0.0356. The first-order chi connectivity index (χ1) is 10.5. The van der Waals surface area contributed by atoms with Gasteiger partial charge in [-0.15, -0.1) is 0 Å². The maximum Gasteiger partial charge on any atom is 0.241 e. The summed E-state index contributed by atoms with van der Waals surface area (Å²) < 4.78 is 5.57. The van der Waals surface area contributed by atoms with Crippen LogP contribution in [0.15, 0.2) is 24.3 Å². The van der Waals surface area contributed by atoms with E-state index in [-0.39, 0.29) is 11.9 Å². The number of anilines is 1. The molecule has 1 saturated heterocycles. The van der Waals surface area contributed by atoms with Crippen LogP contribution in [-0.4, -0.2) is 36.5 Å². The van der Waals surface area contributed by atoms with Gasteiger partial charge in [0.2, 0.25) is 5.91 Å². The zero-order valence-corrected chi connectivity index (χ0v) is 14.1. The number of hydrogen-bond acceptors (Lipinski definition) is 3. The van der Waals surface area contributed by atoms with Crippen molar-refractivity contribution >= 4 is 11.6 Å². The maximum absolute atomic E-state index is 12.6. The Balaban J connectivity index is 2.02. The number of amides is 1. The number of carbonyl (C=O) groups is 1. The molecule has 0 spiro atoms. The number of benzene rings is 1. The molecule has 1 heterocycles. The van der Waals surface area contributed by atoms with Crippen LogP contribution < -0.4 is 10.1 Å². The van der Waals surface area contributed by atoms with Gasteiger partial charge in [-0.05, 0) is 44.2 Å². The molecule has 22 heavy (non-hydrogen) atoms. The molecular formula is C18H28N2O2. The van der Waals surface area contributed by atoms with Crippen LogP contribution in [0.25, 0.3) is 0 Å². The van der Waals surface area contributed by atoms with Crippen molar-refractivity contribution in [1.82, 2.24) is 4.90 Å². The van der Waals surface area contributed by atoms with Gasteiger partial charge >= 0.3 is 0 Å². The fourth-order valence-electron chi connectivity index (χ4n) is 3.28. The molecule has 1 fully saturated rings. The summed E-state index contributed by atoms with van der Waals surface area (Å²) >= 11 is 0. The van der Waals surface area contributed by atoms with Gasteiger partial charge in [0, 0.05) is 13.1 Å². The molecule has 1 aromatic carbocycles. The van der Waals surface area contributed by atoms with Crippen LogP contribution in [0.3, 0.4) is 0 Å². The molecule has 1 aromatic rings. The number of nitrogens with zero attached hydrogens (tertiary/aromatic N) is 1. The summed E-state index contributed by atoms with van der Waals surface area (Å²) in [7, 11) is 0. The predicted molar refractivity (Wildman–Crippen MR) is 90.2 cm³/mol. The highest BCUT2D eigenvalue weighted by Gasteiger charge is 2.29. The van der Waals surface area contributed by atoms with E-state index in [1.165, 1.54) is 6.42 Å². The molecule has 1 aliphatic rings. The zero-order valence-electron chi connectivity index (χ0n) is 14.1. The van der Waals surface area contributed by atoms with Crippen molar-refractivity contribution in [1.29, 1.82) is 0 Å². The van der Waals surface area contributed by atoms with Gasteiger partial charge in [0.05, 0.1) is 18.3 Å². The fraction of sp³-hybridized carbons (Fsp3) is 0.611. The summed E-state index contributed by atoms with van der Waals surface area (Å²) in [4.78, 5) is 14.9. The Morgan fingerprint density at radius 1 is 1.32 bits per heavy atom. The number of carbonyl (C=O) groups excluding carboxylic acids is 1. The summed E-state index contributed by atoms with van der Waals surface area (Å²) in [5.74, 6) is 2.06. The SMILES string of the molecule is CCOc1ccccc1NC(=O)[C@H](C)N1C[C@@H](C)C[C@H](C)C1. The lowest BCUT2D eigenvalue weighted by Gasteiger charge is -2.38. The molecule has 1 amide bonds. The molecule has 1 aliphatic heterocycles. The molecule has 4 heteroatoms. The van der Waals surface area contributed by atoms with Crippen LogP contribution in [0, 0.1) is 11.8 Å². The average Bonchev–Trinajstić information content (AvgIpc) is 2.47. The van der Waals surface area contributed by atoms with Gasteiger partial charge in [-0.3, -0.25) is 9.69 Å². The van der Waals surface area contributed by atoms with Crippen LogP contribution in [0.1, 0.15) is 34.1 Å². The van der Waals surface area contributed by atoms with E-state index < -0.39 is 0 Å². The van der Waals surface area contributed by atoms with Crippen LogP contribution in [0.5, 0.6) is 5.75 Å². The van der Waals surface area contributed by atoms with Crippen LogP contribution in [0.4, 0.5) is 5.69 Å². The van der Waals surface area contributed by atoms with Gasteiger partial charge in [0.15, 0.2) is 0 Å². The Kier molecular flexibility index (Phi) is 5.83. The first-order valence-electron chi connectivity index (χ1n) is 8.28. The first-order valence-corrected chi connectivity index (χ1v) is 8.28. The van der Waals surface area contributed by atoms with Crippen LogP contribution in [0.2, 0.25) is 0 Å².